The Morgan fingerprint density at radius 2 is 1.92 bits per heavy atom. The van der Waals surface area contributed by atoms with Crippen molar-refractivity contribution >= 4 is 23.4 Å². The van der Waals surface area contributed by atoms with Crippen LogP contribution in [0, 0.1) is 6.92 Å². The first-order valence-electron chi connectivity index (χ1n) is 8.10. The lowest BCUT2D eigenvalue weighted by Crippen LogP contribution is -2.24. The van der Waals surface area contributed by atoms with Crippen LogP contribution >= 0.6 is 11.8 Å². The molecule has 0 bridgehead atoms. The Morgan fingerprint density at radius 3 is 2.46 bits per heavy atom. The van der Waals surface area contributed by atoms with E-state index in [0.717, 1.165) is 29.7 Å². The van der Waals surface area contributed by atoms with E-state index < -0.39 is 0 Å². The number of H-pyrrole nitrogens is 1. The van der Waals surface area contributed by atoms with Gasteiger partial charge in [-0.05, 0) is 37.8 Å². The minimum Gasteiger partial charge on any atom is -0.325 e. The van der Waals surface area contributed by atoms with Gasteiger partial charge < -0.3 is 10.3 Å². The minimum absolute atomic E-state index is 0.0974. The first-order chi connectivity index (χ1) is 11.4. The number of aryl methyl sites for hydroxylation is 3. The zero-order chi connectivity index (χ0) is 17.7. The molecule has 2 aromatic rings. The van der Waals surface area contributed by atoms with Crippen molar-refractivity contribution in [3.8, 4) is 0 Å². The predicted octanol–water partition coefficient (Wildman–Crippen LogP) is 3.32. The maximum Gasteiger partial charge on any atom is 0.251 e. The van der Waals surface area contributed by atoms with Crippen molar-refractivity contribution < 1.29 is 4.79 Å². The molecular formula is C18H23N3O2S. The molecule has 24 heavy (non-hydrogen) atoms. The molecule has 1 aromatic heterocycles. The number of nitrogens with zero attached hydrogens (tertiary/aromatic N) is 1. The number of aromatic nitrogens is 2. The lowest BCUT2D eigenvalue weighted by molar-refractivity contribution is -0.115. The molecule has 5 nitrogen and oxygen atoms in total. The molecule has 0 aliphatic heterocycles. The second-order valence-electron chi connectivity index (χ2n) is 5.60. The number of carbonyl (C=O) groups is 1. The molecule has 0 aliphatic rings. The second kappa shape index (κ2) is 8.15. The van der Waals surface area contributed by atoms with Gasteiger partial charge in [-0.25, -0.2) is 4.98 Å². The highest BCUT2D eigenvalue weighted by Gasteiger charge is 2.18. The summed E-state index contributed by atoms with van der Waals surface area (Å²) in [6.07, 6.45) is 1.72. The summed E-state index contributed by atoms with van der Waals surface area (Å²) in [6.45, 7) is 7.71. The summed E-state index contributed by atoms with van der Waals surface area (Å²) in [5.41, 5.74) is 3.59. The molecule has 128 valence electrons. The molecule has 0 fully saturated rings. The van der Waals surface area contributed by atoms with E-state index in [1.165, 1.54) is 17.8 Å². The third-order valence-corrected chi connectivity index (χ3v) is 4.74. The van der Waals surface area contributed by atoms with Crippen molar-refractivity contribution in [2.75, 3.05) is 5.32 Å². The number of anilines is 1. The highest BCUT2D eigenvalue weighted by molar-refractivity contribution is 8.00. The predicted molar refractivity (Wildman–Crippen MR) is 98.7 cm³/mol. The van der Waals surface area contributed by atoms with Crippen LogP contribution in [0.3, 0.4) is 0 Å². The number of thioether (sulfide) groups is 1. The van der Waals surface area contributed by atoms with Crippen LogP contribution in [0.5, 0.6) is 0 Å². The van der Waals surface area contributed by atoms with E-state index in [4.69, 9.17) is 0 Å². The number of nitrogens with one attached hydrogen (secondary N) is 2. The molecule has 2 N–H and O–H groups in total. The van der Waals surface area contributed by atoms with E-state index in [1.807, 2.05) is 25.1 Å². The largest absolute Gasteiger partial charge is 0.325 e. The van der Waals surface area contributed by atoms with Gasteiger partial charge in [0.25, 0.3) is 5.56 Å². The first-order valence-corrected chi connectivity index (χ1v) is 8.98. The Balaban J connectivity index is 2.16. The Bertz CT molecular complexity index is 764. The van der Waals surface area contributed by atoms with Crippen LogP contribution in [0.1, 0.15) is 37.6 Å². The molecule has 1 unspecified atom stereocenters. The van der Waals surface area contributed by atoms with E-state index in [9.17, 15) is 9.59 Å². The fourth-order valence-electron chi connectivity index (χ4n) is 2.46. The minimum atomic E-state index is -0.371. The van der Waals surface area contributed by atoms with Crippen molar-refractivity contribution in [3.63, 3.8) is 0 Å². The van der Waals surface area contributed by atoms with E-state index in [-0.39, 0.29) is 16.7 Å². The van der Waals surface area contributed by atoms with Crippen LogP contribution in [0.2, 0.25) is 0 Å². The maximum absolute atomic E-state index is 12.6. The van der Waals surface area contributed by atoms with Gasteiger partial charge >= 0.3 is 0 Å². The molecule has 0 aliphatic carbocycles. The Hall–Kier alpha value is -2.08. The molecule has 1 aromatic carbocycles. The average Bonchev–Trinajstić information content (AvgIpc) is 2.53. The van der Waals surface area contributed by atoms with Gasteiger partial charge in [0.2, 0.25) is 5.91 Å². The molecule has 0 radical (unpaired) electrons. The van der Waals surface area contributed by atoms with Gasteiger partial charge in [-0.2, -0.15) is 0 Å². The number of carbonyl (C=O) groups excluding carboxylic acids is 1. The van der Waals surface area contributed by atoms with Crippen molar-refractivity contribution in [2.24, 2.45) is 0 Å². The highest BCUT2D eigenvalue weighted by atomic mass is 32.2. The van der Waals surface area contributed by atoms with Gasteiger partial charge in [0.05, 0.1) is 5.25 Å². The summed E-state index contributed by atoms with van der Waals surface area (Å²) in [7, 11) is 0. The molecule has 1 heterocycles. The smallest absolute Gasteiger partial charge is 0.251 e. The third kappa shape index (κ3) is 4.47. The van der Waals surface area contributed by atoms with Gasteiger partial charge in [-0.1, -0.05) is 43.8 Å². The van der Waals surface area contributed by atoms with Crippen LogP contribution < -0.4 is 10.9 Å². The van der Waals surface area contributed by atoms with Gasteiger partial charge in [-0.15, -0.1) is 0 Å². The van der Waals surface area contributed by atoms with Gasteiger partial charge in [0.15, 0.2) is 5.16 Å². The average molecular weight is 345 g/mol. The summed E-state index contributed by atoms with van der Waals surface area (Å²) < 4.78 is 0. The quantitative estimate of drug-likeness (QED) is 0.622. The van der Waals surface area contributed by atoms with Crippen LogP contribution in [-0.4, -0.2) is 21.1 Å². The Labute approximate surface area is 146 Å². The summed E-state index contributed by atoms with van der Waals surface area (Å²) in [5, 5.41) is 3.14. The number of hydrogen-bond acceptors (Lipinski definition) is 4. The molecule has 6 heteroatoms. The zero-order valence-corrected chi connectivity index (χ0v) is 15.3. The molecular weight excluding hydrogens is 322 g/mol. The normalized spacial score (nSPS) is 12.0. The van der Waals surface area contributed by atoms with Crippen molar-refractivity contribution in [1.82, 2.24) is 9.97 Å². The number of benzene rings is 1. The molecule has 1 atom stereocenters. The number of para-hydroxylation sites is 1. The first kappa shape index (κ1) is 18.3. The lowest BCUT2D eigenvalue weighted by atomic mass is 10.0. The molecule has 1 amide bonds. The summed E-state index contributed by atoms with van der Waals surface area (Å²) in [5.74, 6) is -0.0974. The molecule has 0 saturated carbocycles. The Morgan fingerprint density at radius 1 is 1.29 bits per heavy atom. The molecule has 2 rings (SSSR count). The number of hydrogen-bond donors (Lipinski definition) is 2. The van der Waals surface area contributed by atoms with E-state index in [0.29, 0.717) is 10.9 Å². The Kier molecular flexibility index (Phi) is 6.20. The van der Waals surface area contributed by atoms with Crippen LogP contribution in [0.4, 0.5) is 5.69 Å². The van der Waals surface area contributed by atoms with Gasteiger partial charge in [0, 0.05) is 17.4 Å². The van der Waals surface area contributed by atoms with Gasteiger partial charge in [-0.3, -0.25) is 9.59 Å². The van der Waals surface area contributed by atoms with Gasteiger partial charge in [0.1, 0.15) is 0 Å². The number of rotatable bonds is 6. The molecule has 0 spiro atoms. The lowest BCUT2D eigenvalue weighted by Gasteiger charge is -2.17. The highest BCUT2D eigenvalue weighted by Crippen LogP contribution is 2.25. The fourth-order valence-corrected chi connectivity index (χ4v) is 3.31. The van der Waals surface area contributed by atoms with E-state index in [1.54, 1.807) is 6.92 Å². The summed E-state index contributed by atoms with van der Waals surface area (Å²) >= 11 is 1.25. The topological polar surface area (TPSA) is 74.8 Å². The fraction of sp³-hybridized carbons (Fsp3) is 0.389. The summed E-state index contributed by atoms with van der Waals surface area (Å²) in [6, 6.07) is 7.52. The summed E-state index contributed by atoms with van der Waals surface area (Å²) in [4.78, 5) is 31.0. The standard InChI is InChI=1S/C18H23N3O2S/c1-5-13-8-7-9-14(6-2)16(13)21-17(23)12(4)24-18-19-11(3)10-15(22)20-18/h7-10,12H,5-6H2,1-4H3,(H,21,23)(H,19,20,22). The molecule has 0 saturated heterocycles. The van der Waals surface area contributed by atoms with E-state index in [2.05, 4.69) is 29.1 Å². The van der Waals surface area contributed by atoms with Crippen LogP contribution in [0.15, 0.2) is 34.2 Å². The maximum atomic E-state index is 12.6. The zero-order valence-electron chi connectivity index (χ0n) is 14.5. The SMILES string of the molecule is CCc1cccc(CC)c1NC(=O)C(C)Sc1nc(C)cc(=O)[nH]1. The van der Waals surface area contributed by atoms with Crippen molar-refractivity contribution in [1.29, 1.82) is 0 Å². The van der Waals surface area contributed by atoms with Crippen LogP contribution in [-0.2, 0) is 17.6 Å². The second-order valence-corrected chi connectivity index (χ2v) is 6.93. The number of amides is 1. The van der Waals surface area contributed by atoms with Crippen molar-refractivity contribution in [2.45, 2.75) is 50.9 Å². The van der Waals surface area contributed by atoms with Crippen molar-refractivity contribution in [3.05, 3.63) is 51.4 Å². The third-order valence-electron chi connectivity index (χ3n) is 3.75. The number of aromatic amines is 1. The van der Waals surface area contributed by atoms with E-state index >= 15 is 0 Å². The van der Waals surface area contributed by atoms with Crippen LogP contribution in [0.25, 0.3) is 0 Å². The monoisotopic (exact) mass is 345 g/mol.